The van der Waals surface area contributed by atoms with Crippen LogP contribution in [0.3, 0.4) is 0 Å². The van der Waals surface area contributed by atoms with E-state index in [0.717, 1.165) is 64.8 Å². The molecule has 2 amide bonds. The Hall–Kier alpha value is -1.14. The Kier molecular flexibility index (Phi) is 4.92. The highest BCUT2D eigenvalue weighted by atomic mass is 16.2. The average Bonchev–Trinajstić information content (AvgIpc) is 3.05. The number of hydrogen-bond donors (Lipinski definition) is 2. The third-order valence-corrected chi connectivity index (χ3v) is 5.95. The molecule has 3 aliphatic rings. The summed E-state index contributed by atoms with van der Waals surface area (Å²) in [5.74, 6) is 0.566. The molecule has 2 bridgehead atoms. The van der Waals surface area contributed by atoms with Crippen LogP contribution in [0.15, 0.2) is 0 Å². The van der Waals surface area contributed by atoms with Crippen molar-refractivity contribution >= 4 is 11.8 Å². The number of rotatable bonds is 6. The van der Waals surface area contributed by atoms with E-state index in [2.05, 4.69) is 16.6 Å². The molecule has 3 atom stereocenters. The standard InChI is InChI=1S/C17H29N4O2/c1-13(22)20-9-5-14(12-20)11-19-8-10-21-15-3-2-6-17(21,7-4-15)16(18)23/h2,14-15,19H,3-12H2,1H3,(H2,18,23)/t14?,15-,17+/m1/s1. The monoisotopic (exact) mass is 321 g/mol. The zero-order valence-electron chi connectivity index (χ0n) is 14.1. The van der Waals surface area contributed by atoms with E-state index in [1.807, 2.05) is 4.90 Å². The normalized spacial score (nSPS) is 34.0. The first-order valence-corrected chi connectivity index (χ1v) is 8.87. The molecule has 0 saturated carbocycles. The topological polar surface area (TPSA) is 78.7 Å². The van der Waals surface area contributed by atoms with Gasteiger partial charge >= 0.3 is 0 Å². The minimum atomic E-state index is -0.427. The molecule has 3 saturated heterocycles. The first-order chi connectivity index (χ1) is 11.0. The van der Waals surface area contributed by atoms with Crippen LogP contribution in [0.25, 0.3) is 0 Å². The van der Waals surface area contributed by atoms with E-state index in [-0.39, 0.29) is 11.8 Å². The van der Waals surface area contributed by atoms with Crippen LogP contribution in [0, 0.1) is 12.3 Å². The van der Waals surface area contributed by atoms with Crippen LogP contribution in [0.5, 0.6) is 0 Å². The van der Waals surface area contributed by atoms with Crippen LogP contribution < -0.4 is 11.1 Å². The third kappa shape index (κ3) is 3.24. The lowest BCUT2D eigenvalue weighted by molar-refractivity contribution is -0.130. The maximum absolute atomic E-state index is 12.0. The van der Waals surface area contributed by atoms with Gasteiger partial charge in [-0.25, -0.2) is 0 Å². The van der Waals surface area contributed by atoms with Crippen molar-refractivity contribution in [2.75, 3.05) is 32.7 Å². The number of likely N-dealkylation sites (tertiary alicyclic amines) is 1. The molecular weight excluding hydrogens is 292 g/mol. The smallest absolute Gasteiger partial charge is 0.237 e. The number of carbonyl (C=O) groups is 2. The van der Waals surface area contributed by atoms with Crippen LogP contribution in [0.2, 0.25) is 0 Å². The highest BCUT2D eigenvalue weighted by Gasteiger charge is 2.52. The Morgan fingerprint density at radius 3 is 2.91 bits per heavy atom. The predicted octanol–water partition coefficient (Wildman–Crippen LogP) is 0.131. The highest BCUT2D eigenvalue weighted by Crippen LogP contribution is 2.43. The number of nitrogens with two attached hydrogens (primary N) is 1. The quantitative estimate of drug-likeness (QED) is 0.682. The molecule has 3 heterocycles. The van der Waals surface area contributed by atoms with Crippen LogP contribution in [-0.2, 0) is 9.59 Å². The van der Waals surface area contributed by atoms with Crippen LogP contribution in [-0.4, -0.2) is 65.9 Å². The van der Waals surface area contributed by atoms with E-state index < -0.39 is 5.54 Å². The second kappa shape index (κ2) is 6.77. The summed E-state index contributed by atoms with van der Waals surface area (Å²) in [4.78, 5) is 27.6. The molecule has 0 aliphatic carbocycles. The number of carbonyl (C=O) groups excluding carboxylic acids is 2. The zero-order chi connectivity index (χ0) is 16.4. The van der Waals surface area contributed by atoms with Crippen molar-refractivity contribution in [1.82, 2.24) is 15.1 Å². The fourth-order valence-electron chi connectivity index (χ4n) is 4.59. The van der Waals surface area contributed by atoms with Gasteiger partial charge in [-0.05, 0) is 51.0 Å². The third-order valence-electron chi connectivity index (χ3n) is 5.95. The maximum atomic E-state index is 12.0. The van der Waals surface area contributed by atoms with Crippen molar-refractivity contribution in [3.63, 3.8) is 0 Å². The molecule has 0 aromatic heterocycles. The zero-order valence-corrected chi connectivity index (χ0v) is 14.1. The van der Waals surface area contributed by atoms with Crippen molar-refractivity contribution in [3.05, 3.63) is 6.42 Å². The molecule has 6 nitrogen and oxygen atoms in total. The summed E-state index contributed by atoms with van der Waals surface area (Å²) in [6.07, 6.45) is 7.18. The summed E-state index contributed by atoms with van der Waals surface area (Å²) >= 11 is 0. The average molecular weight is 321 g/mol. The van der Waals surface area contributed by atoms with Crippen molar-refractivity contribution in [1.29, 1.82) is 0 Å². The summed E-state index contributed by atoms with van der Waals surface area (Å²) in [6.45, 7) is 6.10. The SMILES string of the molecule is CC(=O)N1CCC(CNCCN2[C@@H]3C[CH]C[C@@]2(C(N)=O)CC3)C1. The molecule has 0 aromatic rings. The van der Waals surface area contributed by atoms with Gasteiger partial charge in [0.05, 0.1) is 0 Å². The predicted molar refractivity (Wildman–Crippen MR) is 88.4 cm³/mol. The summed E-state index contributed by atoms with van der Waals surface area (Å²) < 4.78 is 0. The van der Waals surface area contributed by atoms with Gasteiger partial charge in [-0.2, -0.15) is 0 Å². The van der Waals surface area contributed by atoms with E-state index >= 15 is 0 Å². The summed E-state index contributed by atoms with van der Waals surface area (Å²) in [6, 6.07) is 0.484. The number of fused-ring (bicyclic) bond motifs is 2. The molecule has 3 aliphatic heterocycles. The fraction of sp³-hybridized carbons (Fsp3) is 0.824. The molecule has 0 aromatic carbocycles. The number of piperidine rings is 1. The Morgan fingerprint density at radius 1 is 1.39 bits per heavy atom. The molecular formula is C17H29N4O2. The van der Waals surface area contributed by atoms with Crippen molar-refractivity contribution < 1.29 is 9.59 Å². The molecule has 129 valence electrons. The molecule has 1 unspecified atom stereocenters. The second-order valence-electron chi connectivity index (χ2n) is 7.33. The van der Waals surface area contributed by atoms with Crippen LogP contribution in [0.1, 0.15) is 39.0 Å². The van der Waals surface area contributed by atoms with E-state index in [1.54, 1.807) is 6.92 Å². The molecule has 3 rings (SSSR count). The van der Waals surface area contributed by atoms with Crippen LogP contribution in [0.4, 0.5) is 0 Å². The second-order valence-corrected chi connectivity index (χ2v) is 7.33. The number of primary amides is 1. The lowest BCUT2D eigenvalue weighted by Crippen LogP contribution is -2.59. The molecule has 1 radical (unpaired) electrons. The first kappa shape index (κ1) is 16.7. The molecule has 6 heteroatoms. The Balaban J connectivity index is 1.44. The Labute approximate surface area is 138 Å². The fourth-order valence-corrected chi connectivity index (χ4v) is 4.59. The van der Waals surface area contributed by atoms with Gasteiger partial charge in [0.2, 0.25) is 11.8 Å². The van der Waals surface area contributed by atoms with Gasteiger partial charge in [0.15, 0.2) is 0 Å². The van der Waals surface area contributed by atoms with Crippen molar-refractivity contribution in [2.45, 2.75) is 50.6 Å². The lowest BCUT2D eigenvalue weighted by atomic mass is 9.87. The van der Waals surface area contributed by atoms with Gasteiger partial charge < -0.3 is 16.0 Å². The summed E-state index contributed by atoms with van der Waals surface area (Å²) in [5.41, 5.74) is 5.29. The van der Waals surface area contributed by atoms with E-state index in [9.17, 15) is 9.59 Å². The first-order valence-electron chi connectivity index (χ1n) is 8.87. The number of hydrogen-bond acceptors (Lipinski definition) is 4. The number of nitrogens with zero attached hydrogens (tertiary/aromatic N) is 2. The van der Waals surface area contributed by atoms with E-state index in [1.165, 1.54) is 0 Å². The minimum absolute atomic E-state index is 0.163. The van der Waals surface area contributed by atoms with E-state index in [0.29, 0.717) is 12.0 Å². The molecule has 0 spiro atoms. The van der Waals surface area contributed by atoms with Gasteiger partial charge in [0.25, 0.3) is 0 Å². The van der Waals surface area contributed by atoms with Gasteiger partial charge in [0, 0.05) is 39.1 Å². The van der Waals surface area contributed by atoms with Gasteiger partial charge in [0.1, 0.15) is 5.54 Å². The molecule has 3 N–H and O–H groups in total. The number of amides is 2. The van der Waals surface area contributed by atoms with Crippen LogP contribution >= 0.6 is 0 Å². The molecule has 3 fully saturated rings. The summed E-state index contributed by atoms with van der Waals surface area (Å²) in [7, 11) is 0. The van der Waals surface area contributed by atoms with Crippen molar-refractivity contribution in [2.24, 2.45) is 11.7 Å². The maximum Gasteiger partial charge on any atom is 0.237 e. The minimum Gasteiger partial charge on any atom is -0.368 e. The largest absolute Gasteiger partial charge is 0.368 e. The Morgan fingerprint density at radius 2 is 2.22 bits per heavy atom. The molecule has 23 heavy (non-hydrogen) atoms. The Bertz CT molecular complexity index is 466. The van der Waals surface area contributed by atoms with Gasteiger partial charge in [-0.1, -0.05) is 0 Å². The van der Waals surface area contributed by atoms with E-state index in [4.69, 9.17) is 5.73 Å². The highest BCUT2D eigenvalue weighted by molar-refractivity contribution is 5.85. The van der Waals surface area contributed by atoms with Crippen molar-refractivity contribution in [3.8, 4) is 0 Å². The summed E-state index contributed by atoms with van der Waals surface area (Å²) in [5, 5.41) is 3.52. The number of nitrogens with one attached hydrogen (secondary N) is 1. The van der Waals surface area contributed by atoms with Gasteiger partial charge in [-0.15, -0.1) is 0 Å². The lowest BCUT2D eigenvalue weighted by Gasteiger charge is -2.42. The van der Waals surface area contributed by atoms with Gasteiger partial charge in [-0.3, -0.25) is 14.5 Å².